The lowest BCUT2D eigenvalue weighted by Gasteiger charge is -2.28. The molecule has 3 aromatic rings. The molecule has 37 heavy (non-hydrogen) atoms. The molecule has 10 nitrogen and oxygen atoms in total. The summed E-state index contributed by atoms with van der Waals surface area (Å²) in [5, 5.41) is 8.24. The van der Waals surface area contributed by atoms with Gasteiger partial charge < -0.3 is 4.74 Å². The van der Waals surface area contributed by atoms with E-state index in [-0.39, 0.29) is 23.9 Å². The highest BCUT2D eigenvalue weighted by atomic mass is 32.2. The number of nitrogens with zero attached hydrogens (tertiary/aromatic N) is 3. The maximum absolute atomic E-state index is 14.4. The van der Waals surface area contributed by atoms with E-state index in [4.69, 9.17) is 9.57 Å². The molecule has 198 valence electrons. The number of sulfone groups is 1. The van der Waals surface area contributed by atoms with Crippen LogP contribution in [0.1, 0.15) is 38.2 Å². The molecule has 0 spiro atoms. The van der Waals surface area contributed by atoms with Gasteiger partial charge in [0.1, 0.15) is 11.3 Å². The first-order valence-electron chi connectivity index (χ1n) is 11.9. The minimum absolute atomic E-state index is 0.187. The first-order valence-corrected chi connectivity index (χ1v) is 13.8. The fraction of sp³-hybridized carbons (Fsp3) is 0.440. The lowest BCUT2D eigenvalue weighted by molar-refractivity contribution is -0.201. The van der Waals surface area contributed by atoms with Gasteiger partial charge in [-0.2, -0.15) is 0 Å². The number of nitrogens with one attached hydrogen (secondary N) is 1. The minimum atomic E-state index is -3.92. The molecule has 1 fully saturated rings. The molecule has 2 aromatic carbocycles. The van der Waals surface area contributed by atoms with Crippen LogP contribution in [-0.2, 0) is 30.8 Å². The van der Waals surface area contributed by atoms with Crippen LogP contribution in [0.2, 0.25) is 0 Å². The van der Waals surface area contributed by atoms with E-state index in [1.807, 2.05) is 0 Å². The lowest BCUT2D eigenvalue weighted by atomic mass is 10.0. The van der Waals surface area contributed by atoms with Gasteiger partial charge in [-0.25, -0.2) is 27.8 Å². The van der Waals surface area contributed by atoms with Gasteiger partial charge in [-0.3, -0.25) is 9.59 Å². The second kappa shape index (κ2) is 10.6. The van der Waals surface area contributed by atoms with E-state index in [1.54, 1.807) is 31.2 Å². The van der Waals surface area contributed by atoms with Crippen LogP contribution in [0.25, 0.3) is 22.0 Å². The number of rotatable bonds is 8. The smallest absolute Gasteiger partial charge is 0.277 e. The third-order valence-electron chi connectivity index (χ3n) is 6.68. The summed E-state index contributed by atoms with van der Waals surface area (Å²) in [6, 6.07) is 9.57. The zero-order chi connectivity index (χ0) is 26.8. The molecule has 1 aliphatic heterocycles. The standard InChI is InChI=1S/C25H29FN4O6S/c1-16-7-9-18(20(26)14-16)17-8-10-19-21(15-17)27-29-30(23(19)31)12-11-25(2,37(3,33)34)24(32)28-36-22-6-4-5-13-35-22/h7-10,14-15,22H,4-6,11-13H2,1-3H3,(H,28,32)/t22?,25-/m1/s1. The van der Waals surface area contributed by atoms with Crippen molar-refractivity contribution in [2.45, 2.75) is 57.1 Å². The van der Waals surface area contributed by atoms with E-state index in [1.165, 1.54) is 19.1 Å². The van der Waals surface area contributed by atoms with E-state index < -0.39 is 38.2 Å². The molecule has 4 rings (SSSR count). The first-order chi connectivity index (χ1) is 17.5. The van der Waals surface area contributed by atoms with Crippen molar-refractivity contribution in [1.82, 2.24) is 20.5 Å². The molecular weight excluding hydrogens is 503 g/mol. The summed E-state index contributed by atoms with van der Waals surface area (Å²) >= 11 is 0. The van der Waals surface area contributed by atoms with Crippen LogP contribution in [0.5, 0.6) is 0 Å². The molecular formula is C25H29FN4O6S. The molecule has 2 atom stereocenters. The number of amides is 1. The fourth-order valence-electron chi connectivity index (χ4n) is 4.06. The van der Waals surface area contributed by atoms with Gasteiger partial charge in [0.15, 0.2) is 20.9 Å². The molecule has 2 heterocycles. The predicted octanol–water partition coefficient (Wildman–Crippen LogP) is 2.67. The molecule has 1 aromatic heterocycles. The molecule has 0 saturated carbocycles. The number of fused-ring (bicyclic) bond motifs is 1. The van der Waals surface area contributed by atoms with Crippen molar-refractivity contribution in [1.29, 1.82) is 0 Å². The van der Waals surface area contributed by atoms with Crippen LogP contribution >= 0.6 is 0 Å². The highest BCUT2D eigenvalue weighted by Crippen LogP contribution is 2.26. The van der Waals surface area contributed by atoms with Gasteiger partial charge in [-0.1, -0.05) is 23.4 Å². The van der Waals surface area contributed by atoms with Gasteiger partial charge in [0, 0.05) is 31.4 Å². The largest absolute Gasteiger partial charge is 0.350 e. The summed E-state index contributed by atoms with van der Waals surface area (Å²) in [6.07, 6.45) is 2.39. The average molecular weight is 533 g/mol. The van der Waals surface area contributed by atoms with Gasteiger partial charge in [0.25, 0.3) is 11.5 Å². The van der Waals surface area contributed by atoms with Crippen LogP contribution in [0.4, 0.5) is 4.39 Å². The monoisotopic (exact) mass is 532 g/mol. The number of aryl methyl sites for hydroxylation is 2. The van der Waals surface area contributed by atoms with Gasteiger partial charge in [-0.05, 0) is 62.4 Å². The van der Waals surface area contributed by atoms with Crippen molar-refractivity contribution < 1.29 is 27.2 Å². The normalized spacial score (nSPS) is 17.9. The summed E-state index contributed by atoms with van der Waals surface area (Å²) in [4.78, 5) is 31.2. The Kier molecular flexibility index (Phi) is 7.72. The molecule has 1 amide bonds. The molecule has 0 aliphatic carbocycles. The number of aromatic nitrogens is 3. The van der Waals surface area contributed by atoms with Crippen LogP contribution < -0.4 is 11.0 Å². The highest BCUT2D eigenvalue weighted by molar-refractivity contribution is 7.92. The van der Waals surface area contributed by atoms with Crippen molar-refractivity contribution >= 4 is 26.6 Å². The Hall–Kier alpha value is -3.22. The number of carbonyl (C=O) groups is 1. The molecule has 12 heteroatoms. The Morgan fingerprint density at radius 2 is 2.05 bits per heavy atom. The average Bonchev–Trinajstić information content (AvgIpc) is 2.86. The molecule has 1 unspecified atom stereocenters. The number of hydrogen-bond acceptors (Lipinski definition) is 8. The van der Waals surface area contributed by atoms with Gasteiger partial charge in [-0.15, -0.1) is 5.10 Å². The Balaban J connectivity index is 1.54. The van der Waals surface area contributed by atoms with Crippen LogP contribution in [-0.4, -0.2) is 53.2 Å². The van der Waals surface area contributed by atoms with E-state index in [0.29, 0.717) is 24.2 Å². The summed E-state index contributed by atoms with van der Waals surface area (Å²) < 4.78 is 44.1. The van der Waals surface area contributed by atoms with Crippen molar-refractivity contribution in [3.8, 4) is 11.1 Å². The number of benzene rings is 2. The summed E-state index contributed by atoms with van der Waals surface area (Å²) in [5.41, 5.74) is 3.67. The summed E-state index contributed by atoms with van der Waals surface area (Å²) in [6.45, 7) is 3.37. The second-order valence-electron chi connectivity index (χ2n) is 9.43. The number of ether oxygens (including phenoxy) is 1. The molecule has 0 radical (unpaired) electrons. The molecule has 0 bridgehead atoms. The number of hydroxylamine groups is 1. The predicted molar refractivity (Wildman–Crippen MR) is 135 cm³/mol. The van der Waals surface area contributed by atoms with Gasteiger partial charge >= 0.3 is 0 Å². The molecule has 1 N–H and O–H groups in total. The Bertz CT molecular complexity index is 1490. The summed E-state index contributed by atoms with van der Waals surface area (Å²) in [7, 11) is -3.92. The maximum atomic E-state index is 14.4. The molecule has 1 saturated heterocycles. The van der Waals surface area contributed by atoms with E-state index in [0.717, 1.165) is 29.3 Å². The fourth-order valence-corrected chi connectivity index (χ4v) is 4.90. The number of halogens is 1. The Morgan fingerprint density at radius 3 is 2.73 bits per heavy atom. The Morgan fingerprint density at radius 1 is 1.27 bits per heavy atom. The third kappa shape index (κ3) is 5.71. The maximum Gasteiger partial charge on any atom is 0.277 e. The van der Waals surface area contributed by atoms with Crippen molar-refractivity contribution in [2.24, 2.45) is 0 Å². The molecule has 1 aliphatic rings. The van der Waals surface area contributed by atoms with Crippen LogP contribution in [0.15, 0.2) is 41.2 Å². The van der Waals surface area contributed by atoms with Crippen LogP contribution in [0.3, 0.4) is 0 Å². The van der Waals surface area contributed by atoms with Gasteiger partial charge in [0.2, 0.25) is 0 Å². The minimum Gasteiger partial charge on any atom is -0.350 e. The quantitative estimate of drug-likeness (QED) is 0.439. The van der Waals surface area contributed by atoms with Crippen molar-refractivity contribution in [3.05, 3.63) is 58.1 Å². The van der Waals surface area contributed by atoms with Crippen molar-refractivity contribution in [3.63, 3.8) is 0 Å². The van der Waals surface area contributed by atoms with E-state index in [9.17, 15) is 22.4 Å². The number of carbonyl (C=O) groups excluding carboxylic acids is 1. The second-order valence-corrected chi connectivity index (χ2v) is 11.9. The van der Waals surface area contributed by atoms with E-state index in [2.05, 4.69) is 15.8 Å². The topological polar surface area (TPSA) is 129 Å². The number of hydrogen-bond donors (Lipinski definition) is 1. The first kappa shape index (κ1) is 26.8. The SMILES string of the molecule is Cc1ccc(-c2ccc3c(=O)n(CC[C@](C)(C(=O)NOC4CCCCO4)S(C)(=O)=O)nnc3c2)c(F)c1. The lowest BCUT2D eigenvalue weighted by Crippen LogP contribution is -2.51. The van der Waals surface area contributed by atoms with Crippen LogP contribution in [0, 0.1) is 12.7 Å². The zero-order valence-corrected chi connectivity index (χ0v) is 21.7. The van der Waals surface area contributed by atoms with Crippen molar-refractivity contribution in [2.75, 3.05) is 12.9 Å². The Labute approximate surface area is 213 Å². The van der Waals surface area contributed by atoms with Gasteiger partial charge in [0.05, 0.1) is 5.39 Å². The zero-order valence-electron chi connectivity index (χ0n) is 20.9. The highest BCUT2D eigenvalue weighted by Gasteiger charge is 2.44. The summed E-state index contributed by atoms with van der Waals surface area (Å²) in [5.74, 6) is -1.26. The van der Waals surface area contributed by atoms with E-state index >= 15 is 0 Å². The third-order valence-corrected chi connectivity index (χ3v) is 8.71.